The quantitative estimate of drug-likeness (QED) is 0.763. The predicted molar refractivity (Wildman–Crippen MR) is 66.5 cm³/mol. The molecule has 19 heavy (non-hydrogen) atoms. The SMILES string of the molecule is CC(CCc1ccc(OC(F)F)cc1)NCC(=O)O. The Hall–Kier alpha value is -1.69. The molecule has 1 rings (SSSR count). The zero-order valence-electron chi connectivity index (χ0n) is 10.6. The molecule has 0 saturated carbocycles. The first-order valence-corrected chi connectivity index (χ1v) is 5.96. The van der Waals surface area contributed by atoms with Crippen molar-refractivity contribution in [3.8, 4) is 5.75 Å². The van der Waals surface area contributed by atoms with Crippen molar-refractivity contribution in [2.75, 3.05) is 6.54 Å². The van der Waals surface area contributed by atoms with Crippen LogP contribution in [0.25, 0.3) is 0 Å². The van der Waals surface area contributed by atoms with Crippen molar-refractivity contribution in [1.29, 1.82) is 0 Å². The van der Waals surface area contributed by atoms with Gasteiger partial charge in [0.1, 0.15) is 5.75 Å². The third-order valence-electron chi connectivity index (χ3n) is 2.62. The summed E-state index contributed by atoms with van der Waals surface area (Å²) in [6.07, 6.45) is 1.51. The molecule has 0 heterocycles. The standard InChI is InChI=1S/C13H17F2NO3/c1-9(16-8-12(17)18)2-3-10-4-6-11(7-5-10)19-13(14)15/h4-7,9,13,16H,2-3,8H2,1H3,(H,17,18). The molecule has 6 heteroatoms. The van der Waals surface area contributed by atoms with Gasteiger partial charge in [0, 0.05) is 6.04 Å². The van der Waals surface area contributed by atoms with Gasteiger partial charge in [-0.25, -0.2) is 0 Å². The van der Waals surface area contributed by atoms with Gasteiger partial charge in [-0.1, -0.05) is 12.1 Å². The first-order chi connectivity index (χ1) is 8.97. The fraction of sp³-hybridized carbons (Fsp3) is 0.462. The van der Waals surface area contributed by atoms with Crippen LogP contribution in [-0.2, 0) is 11.2 Å². The minimum Gasteiger partial charge on any atom is -0.480 e. The minimum atomic E-state index is -2.81. The number of ether oxygens (including phenoxy) is 1. The number of nitrogens with one attached hydrogen (secondary N) is 1. The number of carboxylic acid groups (broad SMARTS) is 1. The molecular formula is C13H17F2NO3. The zero-order chi connectivity index (χ0) is 14.3. The molecule has 0 aliphatic heterocycles. The molecule has 1 aromatic rings. The van der Waals surface area contributed by atoms with Crippen LogP contribution in [0.2, 0.25) is 0 Å². The fourth-order valence-electron chi connectivity index (χ4n) is 1.58. The lowest BCUT2D eigenvalue weighted by Crippen LogP contribution is -2.31. The van der Waals surface area contributed by atoms with E-state index >= 15 is 0 Å². The predicted octanol–water partition coefficient (Wildman–Crippen LogP) is 2.28. The highest BCUT2D eigenvalue weighted by Crippen LogP contribution is 2.16. The summed E-state index contributed by atoms with van der Waals surface area (Å²) in [5.74, 6) is -0.754. The van der Waals surface area contributed by atoms with Crippen LogP contribution < -0.4 is 10.1 Å². The molecule has 0 radical (unpaired) electrons. The van der Waals surface area contributed by atoms with Crippen LogP contribution >= 0.6 is 0 Å². The molecule has 0 spiro atoms. The Labute approximate surface area is 110 Å². The third kappa shape index (κ3) is 6.71. The molecular weight excluding hydrogens is 256 g/mol. The highest BCUT2D eigenvalue weighted by molar-refractivity contribution is 5.69. The second-order valence-electron chi connectivity index (χ2n) is 4.24. The van der Waals surface area contributed by atoms with Crippen LogP contribution in [0, 0.1) is 0 Å². The number of halogens is 2. The fourth-order valence-corrected chi connectivity index (χ4v) is 1.58. The summed E-state index contributed by atoms with van der Waals surface area (Å²) in [5, 5.41) is 11.4. The average molecular weight is 273 g/mol. The van der Waals surface area contributed by atoms with E-state index in [1.807, 2.05) is 6.92 Å². The lowest BCUT2D eigenvalue weighted by molar-refractivity contribution is -0.136. The van der Waals surface area contributed by atoms with E-state index in [2.05, 4.69) is 10.1 Å². The summed E-state index contributed by atoms with van der Waals surface area (Å²) < 4.78 is 28.1. The summed E-state index contributed by atoms with van der Waals surface area (Å²) in [4.78, 5) is 10.4. The number of rotatable bonds is 8. The number of aliphatic carboxylic acids is 1. The number of hydrogen-bond donors (Lipinski definition) is 2. The Morgan fingerprint density at radius 1 is 1.37 bits per heavy atom. The van der Waals surface area contributed by atoms with Crippen molar-refractivity contribution in [3.05, 3.63) is 29.8 Å². The van der Waals surface area contributed by atoms with Crippen molar-refractivity contribution in [2.24, 2.45) is 0 Å². The van der Waals surface area contributed by atoms with Crippen LogP contribution in [0.3, 0.4) is 0 Å². The highest BCUT2D eigenvalue weighted by Gasteiger charge is 2.06. The number of carbonyl (C=O) groups is 1. The molecule has 0 amide bonds. The van der Waals surface area contributed by atoms with Crippen LogP contribution in [0.5, 0.6) is 5.75 Å². The van der Waals surface area contributed by atoms with Gasteiger partial charge in [0.2, 0.25) is 0 Å². The summed E-state index contributed by atoms with van der Waals surface area (Å²) in [5.41, 5.74) is 0.991. The largest absolute Gasteiger partial charge is 0.480 e. The first kappa shape index (κ1) is 15.4. The van der Waals surface area contributed by atoms with E-state index in [0.717, 1.165) is 18.4 Å². The summed E-state index contributed by atoms with van der Waals surface area (Å²) in [6.45, 7) is -0.981. The Balaban J connectivity index is 2.35. The summed E-state index contributed by atoms with van der Waals surface area (Å²) in [7, 11) is 0. The minimum absolute atomic E-state index is 0.0671. The molecule has 4 nitrogen and oxygen atoms in total. The molecule has 1 unspecified atom stereocenters. The third-order valence-corrected chi connectivity index (χ3v) is 2.62. The van der Waals surface area contributed by atoms with Gasteiger partial charge < -0.3 is 15.2 Å². The lowest BCUT2D eigenvalue weighted by atomic mass is 10.1. The molecule has 1 atom stereocenters. The topological polar surface area (TPSA) is 58.6 Å². The van der Waals surface area contributed by atoms with Gasteiger partial charge in [0.05, 0.1) is 6.54 Å². The molecule has 0 aliphatic rings. The summed E-state index contributed by atoms with van der Waals surface area (Å²) in [6, 6.07) is 6.52. The second kappa shape index (κ2) is 7.68. The molecule has 1 aromatic carbocycles. The second-order valence-corrected chi connectivity index (χ2v) is 4.24. The number of alkyl halides is 2. The number of aryl methyl sites for hydroxylation is 1. The van der Waals surface area contributed by atoms with E-state index in [1.165, 1.54) is 12.1 Å². The van der Waals surface area contributed by atoms with Gasteiger partial charge in [0.15, 0.2) is 0 Å². The van der Waals surface area contributed by atoms with Crippen molar-refractivity contribution >= 4 is 5.97 Å². The lowest BCUT2D eigenvalue weighted by Gasteiger charge is -2.12. The molecule has 106 valence electrons. The number of hydrogen-bond acceptors (Lipinski definition) is 3. The Morgan fingerprint density at radius 2 is 2.00 bits per heavy atom. The molecule has 2 N–H and O–H groups in total. The highest BCUT2D eigenvalue weighted by atomic mass is 19.3. The van der Waals surface area contributed by atoms with Gasteiger partial charge in [-0.2, -0.15) is 8.78 Å². The van der Waals surface area contributed by atoms with Gasteiger partial charge in [-0.3, -0.25) is 4.79 Å². The molecule has 0 aromatic heterocycles. The number of benzene rings is 1. The average Bonchev–Trinajstić information content (AvgIpc) is 2.35. The van der Waals surface area contributed by atoms with E-state index < -0.39 is 12.6 Å². The maximum atomic E-state index is 11.9. The van der Waals surface area contributed by atoms with Gasteiger partial charge >= 0.3 is 12.6 Å². The normalized spacial score (nSPS) is 12.4. The van der Waals surface area contributed by atoms with Crippen molar-refractivity contribution in [2.45, 2.75) is 32.4 Å². The molecule has 0 aliphatic carbocycles. The first-order valence-electron chi connectivity index (χ1n) is 5.96. The Kier molecular flexibility index (Phi) is 6.21. The van der Waals surface area contributed by atoms with Crippen LogP contribution in [0.1, 0.15) is 18.9 Å². The van der Waals surface area contributed by atoms with E-state index in [1.54, 1.807) is 12.1 Å². The van der Waals surface area contributed by atoms with Gasteiger partial charge in [0.25, 0.3) is 0 Å². The van der Waals surface area contributed by atoms with Crippen molar-refractivity contribution in [3.63, 3.8) is 0 Å². The van der Waals surface area contributed by atoms with Crippen LogP contribution in [-0.4, -0.2) is 30.3 Å². The molecule has 0 saturated heterocycles. The number of carboxylic acids is 1. The van der Waals surface area contributed by atoms with E-state index in [9.17, 15) is 13.6 Å². The zero-order valence-corrected chi connectivity index (χ0v) is 10.6. The maximum Gasteiger partial charge on any atom is 0.387 e. The smallest absolute Gasteiger partial charge is 0.387 e. The van der Waals surface area contributed by atoms with Gasteiger partial charge in [-0.05, 0) is 37.5 Å². The van der Waals surface area contributed by atoms with E-state index in [0.29, 0.717) is 0 Å². The Morgan fingerprint density at radius 3 is 2.53 bits per heavy atom. The van der Waals surface area contributed by atoms with E-state index in [-0.39, 0.29) is 18.3 Å². The van der Waals surface area contributed by atoms with Crippen molar-refractivity contribution < 1.29 is 23.4 Å². The van der Waals surface area contributed by atoms with E-state index in [4.69, 9.17) is 5.11 Å². The van der Waals surface area contributed by atoms with Crippen LogP contribution in [0.4, 0.5) is 8.78 Å². The van der Waals surface area contributed by atoms with Gasteiger partial charge in [-0.15, -0.1) is 0 Å². The molecule has 0 fully saturated rings. The van der Waals surface area contributed by atoms with Crippen molar-refractivity contribution in [1.82, 2.24) is 5.32 Å². The Bertz CT molecular complexity index is 395. The maximum absolute atomic E-state index is 11.9. The monoisotopic (exact) mass is 273 g/mol. The summed E-state index contributed by atoms with van der Waals surface area (Å²) >= 11 is 0. The molecule has 0 bridgehead atoms. The van der Waals surface area contributed by atoms with Crippen LogP contribution in [0.15, 0.2) is 24.3 Å².